The molecule has 0 saturated carbocycles. The number of likely N-dealkylation sites (tertiary alicyclic amines) is 1. The lowest BCUT2D eigenvalue weighted by molar-refractivity contribution is -0.149. The van der Waals surface area contributed by atoms with Gasteiger partial charge >= 0.3 is 0 Å². The quantitative estimate of drug-likeness (QED) is 0.372. The second kappa shape index (κ2) is 11.5. The summed E-state index contributed by atoms with van der Waals surface area (Å²) in [6, 6.07) is 5.60. The molecule has 39 heavy (non-hydrogen) atoms. The van der Waals surface area contributed by atoms with E-state index in [1.807, 2.05) is 34.6 Å². The molecule has 3 saturated heterocycles. The zero-order valence-electron chi connectivity index (χ0n) is 24.2. The summed E-state index contributed by atoms with van der Waals surface area (Å²) in [7, 11) is 0. The van der Waals surface area contributed by atoms with Crippen LogP contribution in [0, 0.1) is 17.8 Å². The maximum Gasteiger partial charge on any atom is 0.246 e. The molecular formula is C30H45N3O6. The summed E-state index contributed by atoms with van der Waals surface area (Å²) in [5.41, 5.74) is -1.39. The van der Waals surface area contributed by atoms with Crippen LogP contribution in [0.25, 0.3) is 0 Å². The van der Waals surface area contributed by atoms with Crippen LogP contribution in [0.2, 0.25) is 0 Å². The normalized spacial score (nSPS) is 30.8. The number of hydrogen-bond donors (Lipinski definition) is 3. The zero-order chi connectivity index (χ0) is 28.5. The summed E-state index contributed by atoms with van der Waals surface area (Å²) in [6.45, 7) is 12.1. The Morgan fingerprint density at radius 2 is 1.85 bits per heavy atom. The number of anilines is 1. The Hall–Kier alpha value is -2.65. The highest BCUT2D eigenvalue weighted by atomic mass is 16.5. The summed E-state index contributed by atoms with van der Waals surface area (Å²) in [5, 5.41) is 16.5. The van der Waals surface area contributed by atoms with Gasteiger partial charge in [0.1, 0.15) is 17.4 Å². The van der Waals surface area contributed by atoms with E-state index in [2.05, 4.69) is 17.6 Å². The molecule has 0 aliphatic carbocycles. The summed E-state index contributed by atoms with van der Waals surface area (Å²) < 4.78 is 12.2. The van der Waals surface area contributed by atoms with E-state index in [-0.39, 0.29) is 36.3 Å². The monoisotopic (exact) mass is 543 g/mol. The van der Waals surface area contributed by atoms with Gasteiger partial charge in [-0.3, -0.25) is 14.4 Å². The van der Waals surface area contributed by atoms with Gasteiger partial charge in [-0.25, -0.2) is 0 Å². The van der Waals surface area contributed by atoms with Crippen LogP contribution in [0.15, 0.2) is 24.3 Å². The standard InChI is InChI=1S/C30H45N3O6/c1-7-9-19(5)31-27(36)25-30-15-14-29(6,39-30)23(24(30)28(37)33(25)21(17-34)16-18(3)4)26(35)32-20-10-12-22(13-11-20)38-8-2/h10-13,18-19,21,23-25,34H,7-9,14-17H2,1-6H3,(H,31,36)(H,32,35)/t19?,21-,23+,24+,25?,29-,30?/m1/s1. The second-order valence-corrected chi connectivity index (χ2v) is 12.1. The number of nitrogens with one attached hydrogen (secondary N) is 2. The van der Waals surface area contributed by atoms with Crippen molar-refractivity contribution in [1.82, 2.24) is 10.2 Å². The van der Waals surface area contributed by atoms with Crippen LogP contribution >= 0.6 is 0 Å². The molecule has 9 heteroatoms. The third kappa shape index (κ3) is 5.27. The number of benzene rings is 1. The molecule has 0 aromatic heterocycles. The topological polar surface area (TPSA) is 117 Å². The van der Waals surface area contributed by atoms with Crippen molar-refractivity contribution in [3.63, 3.8) is 0 Å². The number of aliphatic hydroxyl groups excluding tert-OH is 1. The van der Waals surface area contributed by atoms with Crippen molar-refractivity contribution in [2.75, 3.05) is 18.5 Å². The van der Waals surface area contributed by atoms with Gasteiger partial charge in [0.25, 0.3) is 0 Å². The third-order valence-electron chi connectivity index (χ3n) is 8.64. The number of aliphatic hydroxyl groups is 1. The Morgan fingerprint density at radius 3 is 2.44 bits per heavy atom. The molecule has 2 bridgehead atoms. The van der Waals surface area contributed by atoms with Crippen molar-refractivity contribution in [3.05, 3.63) is 24.3 Å². The zero-order valence-corrected chi connectivity index (χ0v) is 24.2. The van der Waals surface area contributed by atoms with Crippen molar-refractivity contribution in [2.24, 2.45) is 17.8 Å². The summed E-state index contributed by atoms with van der Waals surface area (Å²) in [5.74, 6) is -1.53. The van der Waals surface area contributed by atoms with Gasteiger partial charge in [-0.1, -0.05) is 27.2 Å². The number of hydrogen-bond acceptors (Lipinski definition) is 6. The minimum atomic E-state index is -1.12. The number of rotatable bonds is 12. The first-order valence-electron chi connectivity index (χ1n) is 14.5. The van der Waals surface area contributed by atoms with Crippen molar-refractivity contribution < 1.29 is 29.0 Å². The molecule has 1 spiro atoms. The van der Waals surface area contributed by atoms with Gasteiger partial charge in [0.15, 0.2) is 0 Å². The molecule has 3 fully saturated rings. The summed E-state index contributed by atoms with van der Waals surface area (Å²) in [6.07, 6.45) is 3.33. The molecule has 7 atom stereocenters. The molecule has 0 radical (unpaired) electrons. The first-order valence-corrected chi connectivity index (χ1v) is 14.5. The number of carbonyl (C=O) groups excluding carboxylic acids is 3. The molecule has 216 valence electrons. The fourth-order valence-electron chi connectivity index (χ4n) is 7.13. The third-order valence-corrected chi connectivity index (χ3v) is 8.64. The number of carbonyl (C=O) groups is 3. The number of fused-ring (bicyclic) bond motifs is 1. The number of nitrogens with zero attached hydrogens (tertiary/aromatic N) is 1. The van der Waals surface area contributed by atoms with Crippen molar-refractivity contribution in [2.45, 2.75) is 103 Å². The maximum atomic E-state index is 14.3. The van der Waals surface area contributed by atoms with E-state index in [9.17, 15) is 19.5 Å². The summed E-state index contributed by atoms with van der Waals surface area (Å²) >= 11 is 0. The Bertz CT molecular complexity index is 1060. The molecule has 1 aromatic rings. The molecule has 3 aliphatic rings. The largest absolute Gasteiger partial charge is 0.494 e. The number of amides is 3. The van der Waals surface area contributed by atoms with E-state index in [0.29, 0.717) is 37.3 Å². The molecule has 3 N–H and O–H groups in total. The van der Waals surface area contributed by atoms with E-state index >= 15 is 0 Å². The SMILES string of the molecule is CCCC(C)NC(=O)C1N([C@@H](CO)CC(C)C)C(=O)[C@@H]2[C@@H](C(=O)Nc3ccc(OCC)cc3)[C@@]3(C)CCC12O3. The molecule has 3 aliphatic heterocycles. The lowest BCUT2D eigenvalue weighted by Gasteiger charge is -2.38. The van der Waals surface area contributed by atoms with Gasteiger partial charge < -0.3 is 30.1 Å². The minimum absolute atomic E-state index is 0.0690. The predicted molar refractivity (Wildman–Crippen MR) is 148 cm³/mol. The van der Waals surface area contributed by atoms with Crippen molar-refractivity contribution in [3.8, 4) is 5.75 Å². The molecule has 3 amide bonds. The van der Waals surface area contributed by atoms with Gasteiger partial charge in [0.2, 0.25) is 17.7 Å². The summed E-state index contributed by atoms with van der Waals surface area (Å²) in [4.78, 5) is 43.5. The van der Waals surface area contributed by atoms with Crippen LogP contribution < -0.4 is 15.4 Å². The molecule has 3 heterocycles. The molecule has 1 aromatic carbocycles. The van der Waals surface area contributed by atoms with E-state index in [1.165, 1.54) is 0 Å². The van der Waals surface area contributed by atoms with Crippen LogP contribution in [0.5, 0.6) is 5.75 Å². The van der Waals surface area contributed by atoms with Gasteiger partial charge in [-0.2, -0.15) is 0 Å². The van der Waals surface area contributed by atoms with E-state index in [4.69, 9.17) is 9.47 Å². The minimum Gasteiger partial charge on any atom is -0.494 e. The lowest BCUT2D eigenvalue weighted by atomic mass is 9.66. The van der Waals surface area contributed by atoms with E-state index in [0.717, 1.165) is 12.8 Å². The Labute approximate surface area is 232 Å². The van der Waals surface area contributed by atoms with Crippen LogP contribution in [0.1, 0.15) is 73.6 Å². The second-order valence-electron chi connectivity index (χ2n) is 12.1. The van der Waals surface area contributed by atoms with E-state index < -0.39 is 35.1 Å². The Kier molecular flexibility index (Phi) is 8.61. The molecule has 4 rings (SSSR count). The Morgan fingerprint density at radius 1 is 1.15 bits per heavy atom. The fraction of sp³-hybridized carbons (Fsp3) is 0.700. The van der Waals surface area contributed by atoms with Crippen molar-refractivity contribution >= 4 is 23.4 Å². The van der Waals surface area contributed by atoms with Crippen LogP contribution in [0.3, 0.4) is 0 Å². The molecular weight excluding hydrogens is 498 g/mol. The average Bonchev–Trinajstić information content (AvgIpc) is 3.44. The predicted octanol–water partition coefficient (Wildman–Crippen LogP) is 3.50. The van der Waals surface area contributed by atoms with Gasteiger partial charge in [0, 0.05) is 11.7 Å². The fourth-order valence-corrected chi connectivity index (χ4v) is 7.13. The highest BCUT2D eigenvalue weighted by molar-refractivity contribution is 6.02. The highest BCUT2D eigenvalue weighted by Gasteiger charge is 2.78. The maximum absolute atomic E-state index is 14.3. The average molecular weight is 544 g/mol. The molecule has 3 unspecified atom stereocenters. The first-order chi connectivity index (χ1) is 18.5. The Balaban J connectivity index is 1.69. The van der Waals surface area contributed by atoms with Gasteiger partial charge in [-0.05, 0) is 76.6 Å². The highest BCUT2D eigenvalue weighted by Crippen LogP contribution is 2.63. The molecule has 9 nitrogen and oxygen atoms in total. The first kappa shape index (κ1) is 29.3. The van der Waals surface area contributed by atoms with E-state index in [1.54, 1.807) is 29.2 Å². The number of ether oxygens (including phenoxy) is 2. The van der Waals surface area contributed by atoms with Crippen LogP contribution in [-0.2, 0) is 19.1 Å². The van der Waals surface area contributed by atoms with Crippen LogP contribution in [-0.4, -0.2) is 70.3 Å². The van der Waals surface area contributed by atoms with Gasteiger partial charge in [-0.15, -0.1) is 0 Å². The lowest BCUT2D eigenvalue weighted by Crippen LogP contribution is -2.59. The van der Waals surface area contributed by atoms with Crippen molar-refractivity contribution in [1.29, 1.82) is 0 Å². The van der Waals surface area contributed by atoms with Crippen LogP contribution in [0.4, 0.5) is 5.69 Å². The smallest absolute Gasteiger partial charge is 0.246 e. The van der Waals surface area contributed by atoms with Gasteiger partial charge in [0.05, 0.1) is 36.7 Å².